The van der Waals surface area contributed by atoms with E-state index in [4.69, 9.17) is 5.11 Å². The monoisotopic (exact) mass is 236 g/mol. The second kappa shape index (κ2) is 6.50. The molecule has 0 aromatic carbocycles. The van der Waals surface area contributed by atoms with Crippen molar-refractivity contribution >= 4 is 43.2 Å². The van der Waals surface area contributed by atoms with Crippen LogP contribution in [-0.4, -0.2) is 27.6 Å². The molecule has 7 heteroatoms. The van der Waals surface area contributed by atoms with Crippen LogP contribution in [0.15, 0.2) is 12.2 Å². The summed E-state index contributed by atoms with van der Waals surface area (Å²) in [5, 5.41) is 8.14. The highest BCUT2D eigenvalue weighted by Crippen LogP contribution is 2.06. The van der Waals surface area contributed by atoms with Crippen LogP contribution in [0.3, 0.4) is 0 Å². The molecule has 0 heterocycles. The summed E-state index contributed by atoms with van der Waals surface area (Å²) in [5.74, 6) is -3.13. The Morgan fingerprint density at radius 1 is 1.29 bits per heavy atom. The largest absolute Gasteiger partial charge is 0.478 e. The molecule has 0 aliphatic heterocycles. The van der Waals surface area contributed by atoms with E-state index in [2.05, 4.69) is 30.0 Å². The molecule has 0 unspecified atom stereocenters. The van der Waals surface area contributed by atoms with Crippen LogP contribution in [0.25, 0.3) is 0 Å². The number of hydrogen-bond donors (Lipinski definition) is 3. The van der Waals surface area contributed by atoms with Gasteiger partial charge in [0.15, 0.2) is 0 Å². The first-order valence-corrected chi connectivity index (χ1v) is 4.47. The van der Waals surface area contributed by atoms with Crippen molar-refractivity contribution < 1.29 is 24.2 Å². The summed E-state index contributed by atoms with van der Waals surface area (Å²) in [7, 11) is 0. The SMILES string of the molecule is O=C(O)/C=C\C(=O)OC(=O)CC(S)S. The van der Waals surface area contributed by atoms with Gasteiger partial charge >= 0.3 is 17.9 Å². The predicted octanol–water partition coefficient (Wildman–Crippen LogP) is 0.273. The van der Waals surface area contributed by atoms with E-state index in [1.54, 1.807) is 0 Å². The van der Waals surface area contributed by atoms with Gasteiger partial charge in [0.05, 0.1) is 11.0 Å². The minimum Gasteiger partial charge on any atom is -0.478 e. The minimum atomic E-state index is -1.30. The number of rotatable bonds is 4. The van der Waals surface area contributed by atoms with E-state index in [1.807, 2.05) is 0 Å². The Kier molecular flexibility index (Phi) is 6.06. The van der Waals surface area contributed by atoms with Crippen molar-refractivity contribution in [3.05, 3.63) is 12.2 Å². The maximum absolute atomic E-state index is 10.8. The highest BCUT2D eigenvalue weighted by atomic mass is 32.2. The molecule has 0 saturated carbocycles. The molecule has 0 saturated heterocycles. The first-order valence-electron chi connectivity index (χ1n) is 3.43. The Hall–Kier alpha value is -0.950. The number of aliphatic carboxylic acids is 1. The van der Waals surface area contributed by atoms with Gasteiger partial charge in [-0.2, -0.15) is 25.3 Å². The van der Waals surface area contributed by atoms with E-state index in [1.165, 1.54) is 0 Å². The Morgan fingerprint density at radius 3 is 2.29 bits per heavy atom. The van der Waals surface area contributed by atoms with Gasteiger partial charge in [0, 0.05) is 12.2 Å². The van der Waals surface area contributed by atoms with Gasteiger partial charge in [0.1, 0.15) is 0 Å². The number of carboxylic acids is 1. The smallest absolute Gasteiger partial charge is 0.338 e. The lowest BCUT2D eigenvalue weighted by atomic mass is 10.5. The fraction of sp³-hybridized carbons (Fsp3) is 0.286. The standard InChI is InChI=1S/C7H8O5S2/c8-4(9)1-2-5(10)12-6(11)3-7(13)14/h1-2,7,13-14H,3H2,(H,8,9)/b2-1-. The number of ether oxygens (including phenoxy) is 1. The first-order chi connectivity index (χ1) is 6.41. The molecule has 0 bridgehead atoms. The molecule has 0 radical (unpaired) electrons. The number of hydrogen-bond acceptors (Lipinski definition) is 6. The van der Waals surface area contributed by atoms with Gasteiger partial charge in [-0.1, -0.05) is 0 Å². The summed E-state index contributed by atoms with van der Waals surface area (Å²) in [6.45, 7) is 0. The van der Waals surface area contributed by atoms with E-state index < -0.39 is 22.5 Å². The molecule has 0 amide bonds. The molecule has 0 aromatic rings. The van der Waals surface area contributed by atoms with Gasteiger partial charge in [-0.25, -0.2) is 9.59 Å². The van der Waals surface area contributed by atoms with Gasteiger partial charge in [0.25, 0.3) is 0 Å². The molecule has 0 aliphatic carbocycles. The highest BCUT2D eigenvalue weighted by Gasteiger charge is 2.10. The van der Waals surface area contributed by atoms with Crippen molar-refractivity contribution in [2.24, 2.45) is 0 Å². The summed E-state index contributed by atoms with van der Waals surface area (Å²) in [6, 6.07) is 0. The summed E-state index contributed by atoms with van der Waals surface area (Å²) >= 11 is 7.57. The number of thiol groups is 2. The average Bonchev–Trinajstić information content (AvgIpc) is 1.98. The molecule has 0 rings (SSSR count). The number of esters is 2. The molecule has 0 atom stereocenters. The first kappa shape index (κ1) is 13.0. The van der Waals surface area contributed by atoms with Gasteiger partial charge < -0.3 is 9.84 Å². The lowest BCUT2D eigenvalue weighted by Gasteiger charge is -2.00. The third-order valence-corrected chi connectivity index (χ3v) is 1.29. The van der Waals surface area contributed by atoms with E-state index >= 15 is 0 Å². The van der Waals surface area contributed by atoms with Crippen molar-refractivity contribution in [1.29, 1.82) is 0 Å². The number of carbonyl (C=O) groups is 3. The molecule has 0 spiro atoms. The molecule has 1 N–H and O–H groups in total. The molecule has 5 nitrogen and oxygen atoms in total. The normalized spacial score (nSPS) is 10.5. The topological polar surface area (TPSA) is 80.7 Å². The molecular formula is C7H8O5S2. The maximum atomic E-state index is 10.8. The average molecular weight is 236 g/mol. The van der Waals surface area contributed by atoms with Gasteiger partial charge in [-0.15, -0.1) is 0 Å². The summed E-state index contributed by atoms with van der Waals surface area (Å²) < 4.78 is 3.67. The van der Waals surface area contributed by atoms with Gasteiger partial charge in [0.2, 0.25) is 0 Å². The van der Waals surface area contributed by atoms with Gasteiger partial charge in [-0.05, 0) is 0 Å². The third kappa shape index (κ3) is 7.69. The quantitative estimate of drug-likeness (QED) is 0.215. The molecule has 0 aromatic heterocycles. The Bertz CT molecular complexity index is 271. The van der Waals surface area contributed by atoms with Gasteiger partial charge in [-0.3, -0.25) is 4.79 Å². The van der Waals surface area contributed by atoms with Crippen LogP contribution in [0.5, 0.6) is 0 Å². The molecule has 0 aliphatic rings. The maximum Gasteiger partial charge on any atom is 0.338 e. The summed E-state index contributed by atoms with van der Waals surface area (Å²) in [6.07, 6.45) is 1.08. The fourth-order valence-electron chi connectivity index (χ4n) is 0.476. The summed E-state index contributed by atoms with van der Waals surface area (Å²) in [5.41, 5.74) is 0. The summed E-state index contributed by atoms with van der Waals surface area (Å²) in [4.78, 5) is 31.4. The third-order valence-electron chi connectivity index (χ3n) is 0.926. The molecule has 0 fully saturated rings. The van der Waals surface area contributed by atoms with Crippen molar-refractivity contribution in [1.82, 2.24) is 0 Å². The minimum absolute atomic E-state index is 0.140. The lowest BCUT2D eigenvalue weighted by molar-refractivity contribution is -0.156. The van der Waals surface area contributed by atoms with Crippen LogP contribution in [0.4, 0.5) is 0 Å². The van der Waals surface area contributed by atoms with Crippen molar-refractivity contribution in [3.63, 3.8) is 0 Å². The van der Waals surface area contributed by atoms with Crippen molar-refractivity contribution in [2.75, 3.05) is 0 Å². The molecule has 14 heavy (non-hydrogen) atoms. The van der Waals surface area contributed by atoms with Crippen LogP contribution in [0.1, 0.15) is 6.42 Å². The zero-order valence-electron chi connectivity index (χ0n) is 6.91. The van der Waals surface area contributed by atoms with Crippen LogP contribution in [-0.2, 0) is 19.1 Å². The van der Waals surface area contributed by atoms with Crippen molar-refractivity contribution in [2.45, 2.75) is 11.0 Å². The van der Waals surface area contributed by atoms with Crippen molar-refractivity contribution in [3.8, 4) is 0 Å². The number of carbonyl (C=O) groups excluding carboxylic acids is 2. The van der Waals surface area contributed by atoms with E-state index in [0.29, 0.717) is 12.2 Å². The molecule has 78 valence electrons. The second-order valence-corrected chi connectivity index (χ2v) is 3.80. The van der Waals surface area contributed by atoms with E-state index in [-0.39, 0.29) is 6.42 Å². The highest BCUT2D eigenvalue weighted by molar-refractivity contribution is 7.99. The Labute approximate surface area is 90.9 Å². The Balaban J connectivity index is 3.95. The van der Waals surface area contributed by atoms with Crippen LogP contribution < -0.4 is 0 Å². The van der Waals surface area contributed by atoms with Crippen LogP contribution >= 0.6 is 25.3 Å². The lowest BCUT2D eigenvalue weighted by Crippen LogP contribution is -2.12. The predicted molar refractivity (Wildman–Crippen MR) is 54.3 cm³/mol. The molecular weight excluding hydrogens is 228 g/mol. The van der Waals surface area contributed by atoms with E-state index in [9.17, 15) is 14.4 Å². The van der Waals surface area contributed by atoms with Crippen LogP contribution in [0, 0.1) is 0 Å². The fourth-order valence-corrected chi connectivity index (χ4v) is 0.774. The second-order valence-electron chi connectivity index (χ2n) is 2.15. The zero-order chi connectivity index (χ0) is 11.1. The zero-order valence-corrected chi connectivity index (χ0v) is 8.70. The van der Waals surface area contributed by atoms with E-state index in [0.717, 1.165) is 0 Å². The number of carboxylic acid groups (broad SMARTS) is 1. The van der Waals surface area contributed by atoms with Crippen LogP contribution in [0.2, 0.25) is 0 Å². The Morgan fingerprint density at radius 2 is 1.86 bits per heavy atom.